The Morgan fingerprint density at radius 1 is 0.288 bits per heavy atom. The lowest BCUT2D eigenvalue weighted by atomic mass is 9.97. The minimum Gasteiger partial charge on any atom is -0.353 e. The molecule has 0 fully saturated rings. The Kier molecular flexibility index (Phi) is 21.5. The Bertz CT molecular complexity index is 5320. The van der Waals surface area contributed by atoms with Gasteiger partial charge in [-0.3, -0.25) is 52.1 Å². The largest absolute Gasteiger partial charge is 0.353 e. The zero-order valence-corrected chi connectivity index (χ0v) is 58.0. The molecular weight excluding hydrogens is 1290 g/mol. The van der Waals surface area contributed by atoms with Gasteiger partial charge in [0.25, 0.3) is 0 Å². The second-order valence-corrected chi connectivity index (χ2v) is 26.0. The van der Waals surface area contributed by atoms with Gasteiger partial charge in [0.2, 0.25) is 11.9 Å². The number of nitrogens with one attached hydrogen (secondary N) is 9. The monoisotopic (exact) mass is 1370 g/mol. The van der Waals surface area contributed by atoms with Crippen LogP contribution < -0.4 is 48.6 Å². The van der Waals surface area contributed by atoms with Gasteiger partial charge in [0.15, 0.2) is 0 Å². The van der Waals surface area contributed by atoms with Crippen molar-refractivity contribution >= 4 is 153 Å². The average Bonchev–Trinajstić information content (AvgIpc) is 1.43. The van der Waals surface area contributed by atoms with E-state index < -0.39 is 0 Å². The number of hydrogen-bond donors (Lipinski definition) is 9. The van der Waals surface area contributed by atoms with Crippen LogP contribution in [-0.4, -0.2) is 119 Å². The van der Waals surface area contributed by atoms with Gasteiger partial charge in [0.1, 0.15) is 23.3 Å². The van der Waals surface area contributed by atoms with Crippen LogP contribution in [0.1, 0.15) is 84.7 Å². The third-order valence-electron chi connectivity index (χ3n) is 18.8. The number of hydrazone groups is 5. The third kappa shape index (κ3) is 17.1. The van der Waals surface area contributed by atoms with Gasteiger partial charge >= 0.3 is 0 Å². The van der Waals surface area contributed by atoms with Crippen molar-refractivity contribution in [3.63, 3.8) is 0 Å². The van der Waals surface area contributed by atoms with Crippen LogP contribution >= 0.6 is 0 Å². The normalized spacial score (nSPS) is 15.7. The number of amidine groups is 4. The minimum absolute atomic E-state index is 0.717. The highest BCUT2D eigenvalue weighted by Gasteiger charge is 2.13. The molecule has 0 amide bonds. The van der Waals surface area contributed by atoms with Crippen molar-refractivity contribution in [2.45, 2.75) is 57.9 Å². The fourth-order valence-electron chi connectivity index (χ4n) is 13.4. The first-order valence-electron chi connectivity index (χ1n) is 35.9. The predicted octanol–water partition coefficient (Wildman–Crippen LogP) is 13.9. The summed E-state index contributed by atoms with van der Waals surface area (Å²) in [5, 5.41) is 47.7. The number of hydrogen-bond acceptors (Lipinski definition) is 20. The molecule has 518 valence electrons. The van der Waals surface area contributed by atoms with Gasteiger partial charge in [0.05, 0.1) is 44.2 Å². The molecule has 104 heavy (non-hydrogen) atoms. The molecule has 0 spiro atoms. The van der Waals surface area contributed by atoms with E-state index in [1.54, 1.807) is 0 Å². The van der Waals surface area contributed by atoms with Crippen LogP contribution in [0.2, 0.25) is 0 Å². The van der Waals surface area contributed by atoms with Gasteiger partial charge in [-0.15, -0.1) is 0 Å². The third-order valence-corrected chi connectivity index (χ3v) is 18.8. The van der Waals surface area contributed by atoms with Gasteiger partial charge in [0, 0.05) is 99.3 Å². The number of aliphatic imine (C=N–C) groups is 6. The average molecular weight is 1370 g/mol. The molecular formula is C84H82N20. The fraction of sp³-hybridized carbons (Fsp3) is 0.202. The molecule has 6 aliphatic heterocycles. The molecule has 0 aromatic heterocycles. The molecule has 6 heterocycles. The van der Waals surface area contributed by atoms with Crippen molar-refractivity contribution < 1.29 is 0 Å². The molecule has 6 aliphatic rings. The predicted molar refractivity (Wildman–Crippen MR) is 436 cm³/mol. The van der Waals surface area contributed by atoms with E-state index in [0.717, 1.165) is 184 Å². The number of hydrazine groups is 1. The van der Waals surface area contributed by atoms with Crippen LogP contribution in [0.25, 0.3) is 86.2 Å². The van der Waals surface area contributed by atoms with Gasteiger partial charge in [-0.25, -0.2) is 15.8 Å². The highest BCUT2D eigenvalue weighted by Crippen LogP contribution is 2.30. The van der Waals surface area contributed by atoms with E-state index in [1.165, 1.54) is 81.0 Å². The first-order chi connectivity index (χ1) is 51.5. The van der Waals surface area contributed by atoms with Crippen LogP contribution in [0.5, 0.6) is 0 Å². The van der Waals surface area contributed by atoms with Crippen molar-refractivity contribution in [3.05, 3.63) is 240 Å². The molecule has 12 aromatic rings. The summed E-state index contributed by atoms with van der Waals surface area (Å²) < 4.78 is 0. The maximum atomic E-state index is 4.41. The highest BCUT2D eigenvalue weighted by atomic mass is 15.4. The molecule has 0 unspecified atom stereocenters. The summed E-state index contributed by atoms with van der Waals surface area (Å²) in [4.78, 5) is 26.1. The molecule has 9 N–H and O–H groups in total. The first kappa shape index (κ1) is 67.3. The van der Waals surface area contributed by atoms with E-state index in [1.807, 2.05) is 31.1 Å². The molecule has 0 aliphatic carbocycles. The lowest BCUT2D eigenvalue weighted by molar-refractivity contribution is 0.643. The van der Waals surface area contributed by atoms with E-state index in [-0.39, 0.29) is 0 Å². The number of benzene rings is 12. The fourth-order valence-corrected chi connectivity index (χ4v) is 13.4. The molecule has 20 heteroatoms. The Morgan fingerprint density at radius 2 is 0.615 bits per heavy atom. The SMILES string of the molecule is C(=N\NC1=NCCC1)/c1cccc2cc3c(/C=N/NC4=NCCC4)cccc3cc12.C(=N\NC1=NCCC1)/c1cccc2cc3cccc(/C=N/NC4=NCCN4)c3cc12.C(=N\NC1=NCCC1)/c1cccc2cc3ccccc3cc12.c1ccc2cc3cc(CNNC4=NCCN4)ccc3cc2c1. The van der Waals surface area contributed by atoms with E-state index in [0.29, 0.717) is 0 Å². The van der Waals surface area contributed by atoms with Crippen molar-refractivity contribution in [3.8, 4) is 0 Å². The standard InChI is InChI=1S/C24H24N6.C23H23N7.C19H17N3.C18H18N4/c1-5-17-13-22-18(6-2-8-20(22)16-28-30-24-10-4-12-26-24)14-21(17)19(7-1)15-27-29-23-9-3-11-25-23;1-4-16-12-17-5-2-7-19(15-28-30-23-25-10-11-26-23)21(17)13-20(16)18(6-1)14-27-29-22-8-3-9-24-22;1-2-6-15-12-18-16(11-14(15)5-1)7-3-8-17(18)13-21-22-19-9-4-10-20-19;1-2-4-15-11-17-9-13(5-6-16(17)10-14(15)3-1)12-21-22-18-19-7-8-20-18/h1-2,5-8,13-16H,3-4,9-12H2,(H,25,29)(H,26,30);1-2,4-7,12-15H,3,8-11H2,(H,24,29)(H2,25,26,30);1-3,5-8,11-13H,4,9-10H2,(H,20,22);1-6,9-11,21H,7-8,12H2,(H2,19,20,22)/b27-15+,28-16+;27-14+,28-15+;21-13+;. The molecule has 0 radical (unpaired) electrons. The molecule has 0 saturated heterocycles. The Balaban J connectivity index is 0.000000113. The van der Waals surface area contributed by atoms with Crippen LogP contribution in [0.3, 0.4) is 0 Å². The topological polar surface area (TPSA) is 244 Å². The lowest BCUT2D eigenvalue weighted by Crippen LogP contribution is -2.42. The lowest BCUT2D eigenvalue weighted by Gasteiger charge is -2.09. The van der Waals surface area contributed by atoms with Crippen LogP contribution in [0, 0.1) is 0 Å². The maximum Gasteiger partial charge on any atom is 0.212 e. The molecule has 0 bridgehead atoms. The van der Waals surface area contributed by atoms with Gasteiger partial charge < -0.3 is 10.6 Å². The number of guanidine groups is 2. The smallest absolute Gasteiger partial charge is 0.212 e. The number of rotatable bonds is 13. The van der Waals surface area contributed by atoms with Crippen LogP contribution in [0.15, 0.2) is 262 Å². The minimum atomic E-state index is 0.717. The zero-order chi connectivity index (χ0) is 69.9. The molecule has 0 saturated carbocycles. The Morgan fingerprint density at radius 3 is 1.01 bits per heavy atom. The first-order valence-corrected chi connectivity index (χ1v) is 35.9. The summed E-state index contributed by atoms with van der Waals surface area (Å²) in [6.07, 6.45) is 17.7. The van der Waals surface area contributed by atoms with Crippen LogP contribution in [0.4, 0.5) is 0 Å². The molecule has 0 atom stereocenters. The van der Waals surface area contributed by atoms with E-state index in [4.69, 9.17) is 0 Å². The van der Waals surface area contributed by atoms with E-state index >= 15 is 0 Å². The maximum absolute atomic E-state index is 4.41. The number of fused-ring (bicyclic) bond motifs is 8. The zero-order valence-electron chi connectivity index (χ0n) is 58.0. The summed E-state index contributed by atoms with van der Waals surface area (Å²) in [5.41, 5.74) is 28.2. The second kappa shape index (κ2) is 33.3. The van der Waals surface area contributed by atoms with Gasteiger partial charge in [-0.05, 0) is 172 Å². The van der Waals surface area contributed by atoms with Gasteiger partial charge in [-0.1, -0.05) is 152 Å². The molecule has 12 aromatic carbocycles. The van der Waals surface area contributed by atoms with Crippen molar-refractivity contribution in [2.75, 3.05) is 52.4 Å². The highest BCUT2D eigenvalue weighted by molar-refractivity contribution is 6.13. The summed E-state index contributed by atoms with van der Waals surface area (Å²) in [7, 11) is 0. The van der Waals surface area contributed by atoms with Gasteiger partial charge in [-0.2, -0.15) is 25.5 Å². The van der Waals surface area contributed by atoms with Crippen molar-refractivity contribution in [2.24, 2.45) is 55.5 Å². The van der Waals surface area contributed by atoms with Crippen molar-refractivity contribution in [1.82, 2.24) is 48.6 Å². The van der Waals surface area contributed by atoms with Crippen molar-refractivity contribution in [1.29, 1.82) is 0 Å². The Labute approximate surface area is 603 Å². The van der Waals surface area contributed by atoms with E-state index in [9.17, 15) is 0 Å². The van der Waals surface area contributed by atoms with Crippen LogP contribution in [-0.2, 0) is 6.54 Å². The summed E-state index contributed by atoms with van der Waals surface area (Å²) in [6, 6.07) is 72.8. The quantitative estimate of drug-likeness (QED) is 0.0302. The summed E-state index contributed by atoms with van der Waals surface area (Å²) in [5.74, 6) is 5.43. The second-order valence-electron chi connectivity index (χ2n) is 26.0. The molecule has 18 rings (SSSR count). The van der Waals surface area contributed by atoms with E-state index in [2.05, 4.69) is 310 Å². The summed E-state index contributed by atoms with van der Waals surface area (Å²) >= 11 is 0. The number of nitrogens with zero attached hydrogens (tertiary/aromatic N) is 11. The summed E-state index contributed by atoms with van der Waals surface area (Å²) in [6.45, 7) is 7.73. The Hall–Kier alpha value is -12.6. The molecule has 20 nitrogen and oxygen atoms in total.